The molecule has 25 heavy (non-hydrogen) atoms. The first-order valence-electron chi connectivity index (χ1n) is 7.46. The maximum Gasteiger partial charge on any atom is 0.338 e. The molecular weight excluding hydrogens is 394 g/mol. The zero-order chi connectivity index (χ0) is 18.0. The first kappa shape index (κ1) is 17.2. The number of hydrogen-bond acceptors (Lipinski definition) is 6. The van der Waals surface area contributed by atoms with E-state index in [0.29, 0.717) is 35.8 Å². The van der Waals surface area contributed by atoms with Gasteiger partial charge in [0.2, 0.25) is 0 Å². The standard InChI is InChI=1S/C17H14BrNO6/c1-10-2-3-11(6-14(10)19(21)22)17(20)25-9-12-7-15-16(8-13(12)18)24-5-4-23-15/h2-3,6-8H,4-5,9H2,1H3. The average molecular weight is 408 g/mol. The molecule has 0 N–H and O–H groups in total. The summed E-state index contributed by atoms with van der Waals surface area (Å²) in [4.78, 5) is 22.6. The summed E-state index contributed by atoms with van der Waals surface area (Å²) in [6.45, 7) is 2.55. The highest BCUT2D eigenvalue weighted by atomic mass is 79.9. The number of nitro groups is 1. The van der Waals surface area contributed by atoms with E-state index < -0.39 is 10.9 Å². The first-order valence-corrected chi connectivity index (χ1v) is 8.25. The van der Waals surface area contributed by atoms with Gasteiger partial charge in [-0.15, -0.1) is 0 Å². The molecule has 7 nitrogen and oxygen atoms in total. The predicted octanol–water partition coefficient (Wildman–Crippen LogP) is 3.79. The Balaban J connectivity index is 1.74. The van der Waals surface area contributed by atoms with E-state index in [9.17, 15) is 14.9 Å². The third-order valence-corrected chi connectivity index (χ3v) is 4.45. The lowest BCUT2D eigenvalue weighted by atomic mass is 10.1. The lowest BCUT2D eigenvalue weighted by Gasteiger charge is -2.19. The Morgan fingerprint density at radius 3 is 2.60 bits per heavy atom. The van der Waals surface area contributed by atoms with E-state index in [-0.39, 0.29) is 17.9 Å². The summed E-state index contributed by atoms with van der Waals surface area (Å²) < 4.78 is 17.0. The van der Waals surface area contributed by atoms with Gasteiger partial charge in [-0.25, -0.2) is 4.79 Å². The molecule has 0 aliphatic carbocycles. The van der Waals surface area contributed by atoms with Crippen LogP contribution in [0.2, 0.25) is 0 Å². The summed E-state index contributed by atoms with van der Waals surface area (Å²) in [5, 5.41) is 11.0. The molecular formula is C17H14BrNO6. The molecule has 0 bridgehead atoms. The van der Waals surface area contributed by atoms with Gasteiger partial charge in [-0.3, -0.25) is 10.1 Å². The largest absolute Gasteiger partial charge is 0.486 e. The van der Waals surface area contributed by atoms with Crippen LogP contribution in [0.15, 0.2) is 34.8 Å². The minimum absolute atomic E-state index is 0.00225. The minimum atomic E-state index is -0.634. The molecule has 3 rings (SSSR count). The third kappa shape index (κ3) is 3.74. The van der Waals surface area contributed by atoms with Crippen molar-refractivity contribution in [2.24, 2.45) is 0 Å². The van der Waals surface area contributed by atoms with E-state index in [0.717, 1.165) is 4.47 Å². The molecule has 0 amide bonds. The number of carbonyl (C=O) groups is 1. The molecule has 0 atom stereocenters. The monoisotopic (exact) mass is 407 g/mol. The molecule has 0 unspecified atom stereocenters. The minimum Gasteiger partial charge on any atom is -0.486 e. The Hall–Kier alpha value is -2.61. The van der Waals surface area contributed by atoms with Crippen LogP contribution in [-0.4, -0.2) is 24.1 Å². The Morgan fingerprint density at radius 1 is 1.24 bits per heavy atom. The van der Waals surface area contributed by atoms with Crippen molar-refractivity contribution in [2.75, 3.05) is 13.2 Å². The molecule has 2 aromatic carbocycles. The number of aryl methyl sites for hydroxylation is 1. The normalized spacial score (nSPS) is 12.6. The van der Waals surface area contributed by atoms with Gasteiger partial charge in [0, 0.05) is 21.7 Å². The van der Waals surface area contributed by atoms with Crippen LogP contribution in [0, 0.1) is 17.0 Å². The molecule has 1 aliphatic heterocycles. The topological polar surface area (TPSA) is 87.9 Å². The second-order valence-electron chi connectivity index (χ2n) is 5.42. The molecule has 0 saturated heterocycles. The highest BCUT2D eigenvalue weighted by Crippen LogP contribution is 2.35. The smallest absolute Gasteiger partial charge is 0.338 e. The highest BCUT2D eigenvalue weighted by molar-refractivity contribution is 9.10. The lowest BCUT2D eigenvalue weighted by molar-refractivity contribution is -0.385. The van der Waals surface area contributed by atoms with Crippen LogP contribution < -0.4 is 9.47 Å². The van der Waals surface area contributed by atoms with Gasteiger partial charge in [-0.05, 0) is 25.1 Å². The van der Waals surface area contributed by atoms with Crippen LogP contribution >= 0.6 is 15.9 Å². The van der Waals surface area contributed by atoms with E-state index in [1.165, 1.54) is 18.2 Å². The zero-order valence-electron chi connectivity index (χ0n) is 13.3. The number of hydrogen-bond donors (Lipinski definition) is 0. The van der Waals surface area contributed by atoms with E-state index >= 15 is 0 Å². The highest BCUT2D eigenvalue weighted by Gasteiger charge is 2.18. The van der Waals surface area contributed by atoms with E-state index in [2.05, 4.69) is 15.9 Å². The zero-order valence-corrected chi connectivity index (χ0v) is 14.9. The second kappa shape index (κ2) is 7.10. The quantitative estimate of drug-likeness (QED) is 0.435. The molecule has 0 radical (unpaired) electrons. The van der Waals surface area contributed by atoms with Crippen LogP contribution in [0.4, 0.5) is 5.69 Å². The summed E-state index contributed by atoms with van der Waals surface area (Å²) in [5.74, 6) is 0.582. The van der Waals surface area contributed by atoms with E-state index in [1.54, 1.807) is 19.1 Å². The SMILES string of the molecule is Cc1ccc(C(=O)OCc2cc3c(cc2Br)OCCO3)cc1[N+](=O)[O-]. The number of fused-ring (bicyclic) bond motifs is 1. The predicted molar refractivity (Wildman–Crippen MR) is 92.1 cm³/mol. The Morgan fingerprint density at radius 2 is 1.92 bits per heavy atom. The van der Waals surface area contributed by atoms with Crippen LogP contribution in [-0.2, 0) is 11.3 Å². The molecule has 130 valence electrons. The molecule has 1 aliphatic rings. The number of ether oxygens (including phenoxy) is 3. The molecule has 0 spiro atoms. The van der Waals surface area contributed by atoms with Crippen LogP contribution in [0.1, 0.15) is 21.5 Å². The van der Waals surface area contributed by atoms with Crippen molar-refractivity contribution in [3.63, 3.8) is 0 Å². The number of rotatable bonds is 4. The van der Waals surface area contributed by atoms with Crippen LogP contribution in [0.25, 0.3) is 0 Å². The summed E-state index contributed by atoms with van der Waals surface area (Å²) in [6, 6.07) is 7.74. The maximum atomic E-state index is 12.2. The summed E-state index contributed by atoms with van der Waals surface area (Å²) in [5.41, 5.74) is 1.20. The number of esters is 1. The summed E-state index contributed by atoms with van der Waals surface area (Å²) in [7, 11) is 0. The molecule has 1 heterocycles. The average Bonchev–Trinajstić information content (AvgIpc) is 2.59. The number of nitrogens with zero attached hydrogens (tertiary/aromatic N) is 1. The van der Waals surface area contributed by atoms with Gasteiger partial charge in [-0.2, -0.15) is 0 Å². The lowest BCUT2D eigenvalue weighted by Crippen LogP contribution is -2.15. The summed E-state index contributed by atoms with van der Waals surface area (Å²) >= 11 is 3.41. The molecule has 0 aromatic heterocycles. The fourth-order valence-corrected chi connectivity index (χ4v) is 2.81. The Bertz CT molecular complexity index is 851. The third-order valence-electron chi connectivity index (χ3n) is 3.71. The van der Waals surface area contributed by atoms with Crippen LogP contribution in [0.3, 0.4) is 0 Å². The molecule has 0 saturated carbocycles. The van der Waals surface area contributed by atoms with Gasteiger partial charge in [0.25, 0.3) is 5.69 Å². The Labute approximate surface area is 151 Å². The molecule has 2 aromatic rings. The van der Waals surface area contributed by atoms with Crippen molar-refractivity contribution in [1.82, 2.24) is 0 Å². The van der Waals surface area contributed by atoms with Crippen molar-refractivity contribution < 1.29 is 23.9 Å². The van der Waals surface area contributed by atoms with Crippen molar-refractivity contribution in [2.45, 2.75) is 13.5 Å². The van der Waals surface area contributed by atoms with Crippen LogP contribution in [0.5, 0.6) is 11.5 Å². The van der Waals surface area contributed by atoms with Gasteiger partial charge in [0.05, 0.1) is 10.5 Å². The van der Waals surface area contributed by atoms with Gasteiger partial charge in [0.1, 0.15) is 19.8 Å². The summed E-state index contributed by atoms with van der Waals surface area (Å²) in [6.07, 6.45) is 0. The molecule has 0 fully saturated rings. The van der Waals surface area contributed by atoms with Crippen molar-refractivity contribution in [1.29, 1.82) is 0 Å². The number of benzene rings is 2. The van der Waals surface area contributed by atoms with Crippen molar-refractivity contribution in [3.8, 4) is 11.5 Å². The number of halogens is 1. The fourth-order valence-electron chi connectivity index (χ4n) is 2.38. The van der Waals surface area contributed by atoms with E-state index in [4.69, 9.17) is 14.2 Å². The van der Waals surface area contributed by atoms with Crippen molar-refractivity contribution >= 4 is 27.6 Å². The van der Waals surface area contributed by atoms with E-state index in [1.807, 2.05) is 0 Å². The number of nitro benzene ring substituents is 1. The van der Waals surface area contributed by atoms with Crippen molar-refractivity contribution in [3.05, 3.63) is 61.6 Å². The fraction of sp³-hybridized carbons (Fsp3) is 0.235. The number of carbonyl (C=O) groups excluding carboxylic acids is 1. The van der Waals surface area contributed by atoms with Gasteiger partial charge < -0.3 is 14.2 Å². The van der Waals surface area contributed by atoms with Gasteiger partial charge >= 0.3 is 5.97 Å². The van der Waals surface area contributed by atoms with Gasteiger partial charge in [0.15, 0.2) is 11.5 Å². The first-order chi connectivity index (χ1) is 12.0. The van der Waals surface area contributed by atoms with Gasteiger partial charge in [-0.1, -0.05) is 22.0 Å². The maximum absolute atomic E-state index is 12.2. The Kier molecular flexibility index (Phi) is 4.89. The second-order valence-corrected chi connectivity index (χ2v) is 6.28. The molecule has 8 heteroatoms.